The van der Waals surface area contributed by atoms with Crippen LogP contribution in [0.1, 0.15) is 31.2 Å². The lowest BCUT2D eigenvalue weighted by Gasteiger charge is -2.27. The molecule has 0 aromatic heterocycles. The van der Waals surface area contributed by atoms with E-state index >= 15 is 0 Å². The number of unbranched alkanes of at least 4 members (excludes halogenated alkanes) is 2. The topological polar surface area (TPSA) is 39.3 Å². The van der Waals surface area contributed by atoms with Crippen molar-refractivity contribution in [2.45, 2.75) is 32.2 Å². The first-order valence-electron chi connectivity index (χ1n) is 11.4. The van der Waals surface area contributed by atoms with E-state index in [1.54, 1.807) is 0 Å². The summed E-state index contributed by atoms with van der Waals surface area (Å²) in [6.45, 7) is 10.4. The van der Waals surface area contributed by atoms with Crippen molar-refractivity contribution in [1.29, 1.82) is 0 Å². The van der Waals surface area contributed by atoms with Crippen LogP contribution in [0.3, 0.4) is 0 Å². The van der Waals surface area contributed by atoms with Crippen LogP contribution in [-0.4, -0.2) is 57.3 Å². The highest BCUT2D eigenvalue weighted by Gasteiger charge is 2.07. The van der Waals surface area contributed by atoms with Gasteiger partial charge in [0, 0.05) is 32.7 Å². The first-order valence-corrected chi connectivity index (χ1v) is 11.4. The molecule has 4 heteroatoms. The minimum absolute atomic E-state index is 0.953. The fourth-order valence-corrected chi connectivity index (χ4v) is 3.82. The van der Waals surface area contributed by atoms with E-state index < -0.39 is 0 Å². The molecule has 1 aliphatic heterocycles. The number of hydrogen-bond acceptors (Lipinski definition) is 4. The van der Waals surface area contributed by atoms with Gasteiger partial charge in [-0.1, -0.05) is 54.6 Å². The Hall–Kier alpha value is -1.72. The largest absolute Gasteiger partial charge is 0.317 e. The molecule has 1 fully saturated rings. The monoisotopic (exact) mass is 394 g/mol. The molecule has 0 bridgehead atoms. The molecular formula is C25H38N4. The minimum atomic E-state index is 0.953. The normalized spacial score (nSPS) is 14.9. The van der Waals surface area contributed by atoms with Gasteiger partial charge in [-0.2, -0.15) is 0 Å². The molecule has 0 saturated carbocycles. The van der Waals surface area contributed by atoms with Crippen LogP contribution >= 0.6 is 0 Å². The van der Waals surface area contributed by atoms with Crippen LogP contribution in [0.15, 0.2) is 54.6 Å². The van der Waals surface area contributed by atoms with Crippen molar-refractivity contribution in [3.8, 4) is 11.1 Å². The van der Waals surface area contributed by atoms with Gasteiger partial charge >= 0.3 is 0 Å². The first-order chi connectivity index (χ1) is 14.4. The van der Waals surface area contributed by atoms with Crippen LogP contribution in [-0.2, 0) is 6.54 Å². The zero-order chi connectivity index (χ0) is 20.0. The smallest absolute Gasteiger partial charge is 0.0205 e. The third-order valence-corrected chi connectivity index (χ3v) is 5.63. The molecule has 0 radical (unpaired) electrons. The Balaban J connectivity index is 1.14. The van der Waals surface area contributed by atoms with Gasteiger partial charge in [0.15, 0.2) is 0 Å². The lowest BCUT2D eigenvalue weighted by Crippen LogP contribution is -2.43. The molecule has 29 heavy (non-hydrogen) atoms. The van der Waals surface area contributed by atoms with Crippen LogP contribution in [0.25, 0.3) is 11.1 Å². The van der Waals surface area contributed by atoms with E-state index in [4.69, 9.17) is 0 Å². The second-order valence-corrected chi connectivity index (χ2v) is 8.00. The van der Waals surface area contributed by atoms with Crippen LogP contribution < -0.4 is 16.0 Å². The molecule has 0 unspecified atom stereocenters. The summed E-state index contributed by atoms with van der Waals surface area (Å²) in [5, 5.41) is 10.6. The maximum absolute atomic E-state index is 3.59. The van der Waals surface area contributed by atoms with Crippen molar-refractivity contribution in [1.82, 2.24) is 20.9 Å². The van der Waals surface area contributed by atoms with Gasteiger partial charge in [0.25, 0.3) is 0 Å². The molecule has 3 rings (SSSR count). The van der Waals surface area contributed by atoms with Gasteiger partial charge in [-0.05, 0) is 68.6 Å². The highest BCUT2D eigenvalue weighted by molar-refractivity contribution is 5.63. The molecule has 0 aliphatic carbocycles. The standard InChI is InChI=1S/C25H38N4/c1-2-8-24(9-3-1)25-12-10-23(11-13-25)22-28-16-5-4-14-26-15-6-7-19-29-20-17-27-18-21-29/h1-3,8-13,26-28H,4-7,14-22H2. The van der Waals surface area contributed by atoms with Crippen molar-refractivity contribution in [3.05, 3.63) is 60.2 Å². The van der Waals surface area contributed by atoms with Crippen molar-refractivity contribution < 1.29 is 0 Å². The second kappa shape index (κ2) is 13.5. The lowest BCUT2D eigenvalue weighted by atomic mass is 10.0. The molecule has 0 amide bonds. The van der Waals surface area contributed by atoms with E-state index in [-0.39, 0.29) is 0 Å². The highest BCUT2D eigenvalue weighted by Crippen LogP contribution is 2.19. The van der Waals surface area contributed by atoms with Gasteiger partial charge in [0.1, 0.15) is 0 Å². The van der Waals surface area contributed by atoms with Crippen LogP contribution in [0.5, 0.6) is 0 Å². The Morgan fingerprint density at radius 1 is 0.690 bits per heavy atom. The molecule has 0 spiro atoms. The van der Waals surface area contributed by atoms with E-state index in [0.29, 0.717) is 0 Å². The Bertz CT molecular complexity index is 650. The third kappa shape index (κ3) is 8.67. The fourth-order valence-electron chi connectivity index (χ4n) is 3.82. The zero-order valence-electron chi connectivity index (χ0n) is 17.8. The Kier molecular flexibility index (Phi) is 10.2. The van der Waals surface area contributed by atoms with E-state index in [0.717, 1.165) is 39.3 Å². The summed E-state index contributed by atoms with van der Waals surface area (Å²) < 4.78 is 0. The number of hydrogen-bond donors (Lipinski definition) is 3. The molecule has 1 aliphatic rings. The number of piperazine rings is 1. The molecular weight excluding hydrogens is 356 g/mol. The fraction of sp³-hybridized carbons (Fsp3) is 0.520. The summed E-state index contributed by atoms with van der Waals surface area (Å²) in [6.07, 6.45) is 5.09. The molecule has 1 saturated heterocycles. The van der Waals surface area contributed by atoms with Crippen LogP contribution in [0, 0.1) is 0 Å². The molecule has 0 atom stereocenters. The summed E-state index contributed by atoms with van der Waals surface area (Å²) in [6, 6.07) is 19.5. The van der Waals surface area contributed by atoms with Gasteiger partial charge in [-0.3, -0.25) is 0 Å². The van der Waals surface area contributed by atoms with Crippen molar-refractivity contribution in [2.75, 3.05) is 52.4 Å². The summed E-state index contributed by atoms with van der Waals surface area (Å²) in [5.74, 6) is 0. The van der Waals surface area contributed by atoms with Gasteiger partial charge in [-0.15, -0.1) is 0 Å². The summed E-state index contributed by atoms with van der Waals surface area (Å²) in [7, 11) is 0. The van der Waals surface area contributed by atoms with Crippen molar-refractivity contribution in [3.63, 3.8) is 0 Å². The van der Waals surface area contributed by atoms with Gasteiger partial charge in [0.2, 0.25) is 0 Å². The molecule has 3 N–H and O–H groups in total. The first kappa shape index (κ1) is 22.0. The Labute approximate surface area is 177 Å². The number of nitrogens with one attached hydrogen (secondary N) is 3. The quantitative estimate of drug-likeness (QED) is 0.455. The number of rotatable bonds is 13. The Morgan fingerprint density at radius 3 is 2.03 bits per heavy atom. The molecule has 1 heterocycles. The van der Waals surface area contributed by atoms with Gasteiger partial charge < -0.3 is 20.9 Å². The number of nitrogens with zero attached hydrogens (tertiary/aromatic N) is 1. The number of benzene rings is 2. The van der Waals surface area contributed by atoms with Crippen molar-refractivity contribution >= 4 is 0 Å². The van der Waals surface area contributed by atoms with Gasteiger partial charge in [0.05, 0.1) is 0 Å². The predicted molar refractivity (Wildman–Crippen MR) is 124 cm³/mol. The maximum atomic E-state index is 3.59. The molecule has 2 aromatic rings. The summed E-state index contributed by atoms with van der Waals surface area (Å²) in [5.41, 5.74) is 3.92. The van der Waals surface area contributed by atoms with Crippen LogP contribution in [0.4, 0.5) is 0 Å². The van der Waals surface area contributed by atoms with E-state index in [2.05, 4.69) is 75.4 Å². The second-order valence-electron chi connectivity index (χ2n) is 8.00. The van der Waals surface area contributed by atoms with Crippen molar-refractivity contribution in [2.24, 2.45) is 0 Å². The minimum Gasteiger partial charge on any atom is -0.317 e. The van der Waals surface area contributed by atoms with E-state index in [1.165, 1.54) is 62.0 Å². The molecule has 4 nitrogen and oxygen atoms in total. The third-order valence-electron chi connectivity index (χ3n) is 5.63. The SMILES string of the molecule is c1ccc(-c2ccc(CNCCCCNCCCCN3CCNCC3)cc2)cc1. The average Bonchev–Trinajstić information content (AvgIpc) is 2.79. The van der Waals surface area contributed by atoms with E-state index in [1.807, 2.05) is 0 Å². The lowest BCUT2D eigenvalue weighted by molar-refractivity contribution is 0.236. The summed E-state index contributed by atoms with van der Waals surface area (Å²) in [4.78, 5) is 2.58. The maximum Gasteiger partial charge on any atom is 0.0205 e. The average molecular weight is 395 g/mol. The van der Waals surface area contributed by atoms with Gasteiger partial charge in [-0.25, -0.2) is 0 Å². The Morgan fingerprint density at radius 2 is 1.31 bits per heavy atom. The van der Waals surface area contributed by atoms with E-state index in [9.17, 15) is 0 Å². The molecule has 2 aromatic carbocycles. The molecule has 158 valence electrons. The summed E-state index contributed by atoms with van der Waals surface area (Å²) >= 11 is 0. The predicted octanol–water partition coefficient (Wildman–Crippen LogP) is 3.50. The zero-order valence-corrected chi connectivity index (χ0v) is 17.8. The highest BCUT2D eigenvalue weighted by atomic mass is 15.2. The van der Waals surface area contributed by atoms with Crippen LogP contribution in [0.2, 0.25) is 0 Å².